The SMILES string of the molecule is O=C(Nc1ccc(NC[C@H]2CCCO2)c(F)c1)Nc1cnns1. The van der Waals surface area contributed by atoms with Crippen LogP contribution in [-0.4, -0.2) is 34.9 Å². The van der Waals surface area contributed by atoms with Gasteiger partial charge in [0, 0.05) is 30.4 Å². The second-order valence-corrected chi connectivity index (χ2v) is 5.86. The third-order valence-electron chi connectivity index (χ3n) is 3.37. The van der Waals surface area contributed by atoms with E-state index in [0.717, 1.165) is 31.0 Å². The molecule has 0 spiro atoms. The third-order valence-corrected chi connectivity index (χ3v) is 3.95. The number of benzene rings is 1. The number of halogens is 1. The molecule has 0 bridgehead atoms. The Morgan fingerprint density at radius 2 is 2.35 bits per heavy atom. The molecule has 1 saturated heterocycles. The molecule has 0 unspecified atom stereocenters. The Labute approximate surface area is 136 Å². The van der Waals surface area contributed by atoms with E-state index < -0.39 is 11.8 Å². The molecule has 1 atom stereocenters. The van der Waals surface area contributed by atoms with Crippen molar-refractivity contribution in [3.8, 4) is 0 Å². The zero-order valence-electron chi connectivity index (χ0n) is 12.2. The minimum Gasteiger partial charge on any atom is -0.380 e. The summed E-state index contributed by atoms with van der Waals surface area (Å²) in [7, 11) is 0. The van der Waals surface area contributed by atoms with Crippen LogP contribution in [-0.2, 0) is 4.74 Å². The number of ether oxygens (including phenoxy) is 1. The summed E-state index contributed by atoms with van der Waals surface area (Å²) in [6.07, 6.45) is 3.59. The molecule has 9 heteroatoms. The fourth-order valence-corrected chi connectivity index (χ4v) is 2.68. The Morgan fingerprint density at radius 1 is 1.43 bits per heavy atom. The van der Waals surface area contributed by atoms with Crippen molar-refractivity contribution < 1.29 is 13.9 Å². The van der Waals surface area contributed by atoms with Gasteiger partial charge in [-0.15, -0.1) is 5.10 Å². The van der Waals surface area contributed by atoms with Crippen molar-refractivity contribution >= 4 is 33.9 Å². The number of rotatable bonds is 5. The van der Waals surface area contributed by atoms with Crippen LogP contribution in [0.1, 0.15) is 12.8 Å². The van der Waals surface area contributed by atoms with Crippen LogP contribution in [0.25, 0.3) is 0 Å². The van der Waals surface area contributed by atoms with Gasteiger partial charge in [0.05, 0.1) is 18.0 Å². The second-order valence-electron chi connectivity index (χ2n) is 5.07. The number of hydrogen-bond donors (Lipinski definition) is 3. The van der Waals surface area contributed by atoms with E-state index >= 15 is 0 Å². The predicted octanol–water partition coefficient (Wildman–Crippen LogP) is 2.91. The predicted molar refractivity (Wildman–Crippen MR) is 86.4 cm³/mol. The first-order chi connectivity index (χ1) is 11.2. The fourth-order valence-electron chi connectivity index (χ4n) is 2.26. The molecule has 7 nitrogen and oxygen atoms in total. The van der Waals surface area contributed by atoms with Gasteiger partial charge in [-0.3, -0.25) is 5.32 Å². The van der Waals surface area contributed by atoms with E-state index in [-0.39, 0.29) is 6.10 Å². The van der Waals surface area contributed by atoms with Crippen molar-refractivity contribution in [2.75, 3.05) is 29.1 Å². The van der Waals surface area contributed by atoms with Crippen LogP contribution < -0.4 is 16.0 Å². The van der Waals surface area contributed by atoms with Crippen LogP contribution in [0.3, 0.4) is 0 Å². The highest BCUT2D eigenvalue weighted by atomic mass is 32.1. The summed E-state index contributed by atoms with van der Waals surface area (Å²) in [5.41, 5.74) is 0.748. The zero-order valence-corrected chi connectivity index (χ0v) is 13.0. The lowest BCUT2D eigenvalue weighted by Gasteiger charge is -2.13. The Balaban J connectivity index is 1.54. The van der Waals surface area contributed by atoms with E-state index in [1.807, 2.05) is 0 Å². The summed E-state index contributed by atoms with van der Waals surface area (Å²) in [6, 6.07) is 4.01. The average Bonchev–Trinajstić information content (AvgIpc) is 3.19. The zero-order chi connectivity index (χ0) is 16.1. The maximum Gasteiger partial charge on any atom is 0.324 e. The van der Waals surface area contributed by atoms with Crippen LogP contribution in [0, 0.1) is 5.82 Å². The number of amides is 2. The van der Waals surface area contributed by atoms with Crippen LogP contribution in [0.15, 0.2) is 24.4 Å². The molecular formula is C14H16FN5O2S. The van der Waals surface area contributed by atoms with Gasteiger partial charge < -0.3 is 15.4 Å². The molecule has 2 amide bonds. The molecule has 1 aliphatic rings. The summed E-state index contributed by atoms with van der Waals surface area (Å²) in [4.78, 5) is 11.8. The minimum atomic E-state index is -0.476. The normalized spacial score (nSPS) is 17.0. The molecule has 1 aromatic heterocycles. The Morgan fingerprint density at radius 3 is 3.04 bits per heavy atom. The van der Waals surface area contributed by atoms with Crippen molar-refractivity contribution in [2.45, 2.75) is 18.9 Å². The Bertz CT molecular complexity index is 661. The highest BCUT2D eigenvalue weighted by Crippen LogP contribution is 2.21. The molecule has 0 aliphatic carbocycles. The monoisotopic (exact) mass is 337 g/mol. The molecule has 122 valence electrons. The number of nitrogens with one attached hydrogen (secondary N) is 3. The number of carbonyl (C=O) groups is 1. The van der Waals surface area contributed by atoms with Gasteiger partial charge in [-0.2, -0.15) is 0 Å². The lowest BCUT2D eigenvalue weighted by atomic mass is 10.2. The molecule has 3 rings (SSSR count). The number of aromatic nitrogens is 2. The van der Waals surface area contributed by atoms with Crippen LogP contribution in [0.4, 0.5) is 25.6 Å². The first-order valence-corrected chi connectivity index (χ1v) is 7.98. The van der Waals surface area contributed by atoms with Gasteiger partial charge >= 0.3 is 6.03 Å². The van der Waals surface area contributed by atoms with Crippen LogP contribution in [0.5, 0.6) is 0 Å². The molecule has 1 aliphatic heterocycles. The second kappa shape index (κ2) is 7.34. The Kier molecular flexibility index (Phi) is 4.99. The molecule has 0 saturated carbocycles. The fraction of sp³-hybridized carbons (Fsp3) is 0.357. The highest BCUT2D eigenvalue weighted by molar-refractivity contribution is 7.10. The number of urea groups is 1. The van der Waals surface area contributed by atoms with Crippen LogP contribution in [0.2, 0.25) is 0 Å². The molecule has 1 fully saturated rings. The number of anilines is 3. The molecular weight excluding hydrogens is 321 g/mol. The number of nitrogens with zero attached hydrogens (tertiary/aromatic N) is 2. The lowest BCUT2D eigenvalue weighted by molar-refractivity contribution is 0.120. The standard InChI is InChI=1S/C14H16FN5O2S/c15-11-6-9(18-14(21)19-13-8-17-20-23-13)3-4-12(11)16-7-10-2-1-5-22-10/h3-4,6,8,10,16H,1-2,5,7H2,(H2,18,19,21)/t10-/m1/s1. The topological polar surface area (TPSA) is 88.2 Å². The molecule has 2 aromatic rings. The quantitative estimate of drug-likeness (QED) is 0.781. The number of carbonyl (C=O) groups excluding carboxylic acids is 1. The summed E-state index contributed by atoms with van der Waals surface area (Å²) >= 11 is 1.06. The smallest absolute Gasteiger partial charge is 0.324 e. The average molecular weight is 337 g/mol. The van der Waals surface area contributed by atoms with E-state index in [9.17, 15) is 9.18 Å². The molecule has 2 heterocycles. The van der Waals surface area contributed by atoms with E-state index in [1.54, 1.807) is 12.1 Å². The first kappa shape index (κ1) is 15.6. The summed E-state index contributed by atoms with van der Waals surface area (Å²) in [5, 5.41) is 12.3. The summed E-state index contributed by atoms with van der Waals surface area (Å²) in [5.74, 6) is -0.430. The van der Waals surface area contributed by atoms with Crippen molar-refractivity contribution in [3.63, 3.8) is 0 Å². The third kappa shape index (κ3) is 4.36. The summed E-state index contributed by atoms with van der Waals surface area (Å²) < 4.78 is 23.2. The van der Waals surface area contributed by atoms with Gasteiger partial charge in [0.15, 0.2) is 0 Å². The molecule has 1 aromatic carbocycles. The van der Waals surface area contributed by atoms with E-state index in [0.29, 0.717) is 22.9 Å². The van der Waals surface area contributed by atoms with Gasteiger partial charge in [0.25, 0.3) is 0 Å². The van der Waals surface area contributed by atoms with Gasteiger partial charge in [-0.1, -0.05) is 4.49 Å². The molecule has 3 N–H and O–H groups in total. The van der Waals surface area contributed by atoms with Crippen molar-refractivity contribution in [1.82, 2.24) is 9.59 Å². The lowest BCUT2D eigenvalue weighted by Crippen LogP contribution is -2.20. The van der Waals surface area contributed by atoms with Gasteiger partial charge in [0.1, 0.15) is 10.8 Å². The maximum atomic E-state index is 14.1. The molecule has 23 heavy (non-hydrogen) atoms. The van der Waals surface area contributed by atoms with E-state index in [1.165, 1.54) is 12.3 Å². The minimum absolute atomic E-state index is 0.131. The largest absolute Gasteiger partial charge is 0.380 e. The van der Waals surface area contributed by atoms with Crippen molar-refractivity contribution in [2.24, 2.45) is 0 Å². The maximum absolute atomic E-state index is 14.1. The number of hydrogen-bond acceptors (Lipinski definition) is 6. The summed E-state index contributed by atoms with van der Waals surface area (Å²) in [6.45, 7) is 1.34. The van der Waals surface area contributed by atoms with Gasteiger partial charge in [-0.05, 0) is 31.0 Å². The molecule has 0 radical (unpaired) electrons. The van der Waals surface area contributed by atoms with Crippen molar-refractivity contribution in [1.29, 1.82) is 0 Å². The van der Waals surface area contributed by atoms with E-state index in [2.05, 4.69) is 25.5 Å². The van der Waals surface area contributed by atoms with Crippen LogP contribution >= 0.6 is 11.5 Å². The van der Waals surface area contributed by atoms with Gasteiger partial charge in [-0.25, -0.2) is 9.18 Å². The van der Waals surface area contributed by atoms with Gasteiger partial charge in [0.2, 0.25) is 0 Å². The first-order valence-electron chi connectivity index (χ1n) is 7.21. The Hall–Kier alpha value is -2.26. The van der Waals surface area contributed by atoms with E-state index in [4.69, 9.17) is 4.74 Å². The van der Waals surface area contributed by atoms with Crippen molar-refractivity contribution in [3.05, 3.63) is 30.2 Å². The highest BCUT2D eigenvalue weighted by Gasteiger charge is 2.15.